The van der Waals surface area contributed by atoms with E-state index in [0.29, 0.717) is 11.6 Å². The average molecular weight is 277 g/mol. The van der Waals surface area contributed by atoms with Gasteiger partial charge in [0.15, 0.2) is 0 Å². The van der Waals surface area contributed by atoms with Gasteiger partial charge in [0.2, 0.25) is 5.91 Å². The second-order valence-electron chi connectivity index (χ2n) is 5.61. The Morgan fingerprint density at radius 1 is 1.45 bits per heavy atom. The Hall–Kier alpha value is -1.39. The zero-order chi connectivity index (χ0) is 14.4. The molecule has 1 aliphatic carbocycles. The SMILES string of the molecule is CC1CCCC(OCC(=O)Nc2cccc(CO)c2)C1. The van der Waals surface area contributed by atoms with Crippen molar-refractivity contribution in [2.75, 3.05) is 11.9 Å². The summed E-state index contributed by atoms with van der Waals surface area (Å²) in [5.74, 6) is 0.552. The van der Waals surface area contributed by atoms with Crippen LogP contribution in [0.3, 0.4) is 0 Å². The fraction of sp³-hybridized carbons (Fsp3) is 0.562. The van der Waals surface area contributed by atoms with Crippen molar-refractivity contribution in [2.45, 2.75) is 45.3 Å². The molecule has 1 saturated carbocycles. The Morgan fingerprint density at radius 3 is 3.05 bits per heavy atom. The second-order valence-corrected chi connectivity index (χ2v) is 5.61. The summed E-state index contributed by atoms with van der Waals surface area (Å²) in [6.45, 7) is 2.30. The minimum atomic E-state index is -0.140. The maximum atomic E-state index is 11.8. The molecule has 0 bridgehead atoms. The largest absolute Gasteiger partial charge is 0.392 e. The van der Waals surface area contributed by atoms with Gasteiger partial charge in [-0.15, -0.1) is 0 Å². The topological polar surface area (TPSA) is 58.6 Å². The summed E-state index contributed by atoms with van der Waals surface area (Å²) in [5.41, 5.74) is 1.48. The molecule has 2 atom stereocenters. The fourth-order valence-corrected chi connectivity index (χ4v) is 2.67. The molecule has 1 fully saturated rings. The summed E-state index contributed by atoms with van der Waals surface area (Å²) in [5, 5.41) is 11.8. The third-order valence-corrected chi connectivity index (χ3v) is 3.73. The Bertz CT molecular complexity index is 447. The molecule has 0 aromatic heterocycles. The number of aliphatic hydroxyl groups excluding tert-OH is 1. The van der Waals surface area contributed by atoms with Gasteiger partial charge in [0, 0.05) is 5.69 Å². The van der Waals surface area contributed by atoms with Gasteiger partial charge in [-0.2, -0.15) is 0 Å². The molecule has 0 radical (unpaired) electrons. The summed E-state index contributed by atoms with van der Waals surface area (Å²) in [6, 6.07) is 7.20. The van der Waals surface area contributed by atoms with Crippen LogP contribution in [0.25, 0.3) is 0 Å². The number of amides is 1. The molecular formula is C16H23NO3. The second kappa shape index (κ2) is 7.41. The van der Waals surface area contributed by atoms with E-state index in [0.717, 1.165) is 18.4 Å². The number of hydrogen-bond donors (Lipinski definition) is 2. The van der Waals surface area contributed by atoms with Crippen LogP contribution in [0.5, 0.6) is 0 Å². The van der Waals surface area contributed by atoms with Gasteiger partial charge in [0.1, 0.15) is 6.61 Å². The van der Waals surface area contributed by atoms with Gasteiger partial charge in [-0.1, -0.05) is 31.9 Å². The van der Waals surface area contributed by atoms with Crippen LogP contribution in [0, 0.1) is 5.92 Å². The van der Waals surface area contributed by atoms with Gasteiger partial charge in [-0.25, -0.2) is 0 Å². The first-order valence-electron chi connectivity index (χ1n) is 7.28. The predicted octanol–water partition coefficient (Wildman–Crippen LogP) is 2.71. The lowest BCUT2D eigenvalue weighted by Crippen LogP contribution is -2.27. The van der Waals surface area contributed by atoms with Crippen LogP contribution < -0.4 is 5.32 Å². The van der Waals surface area contributed by atoms with Gasteiger partial charge in [0.25, 0.3) is 0 Å². The third kappa shape index (κ3) is 4.62. The smallest absolute Gasteiger partial charge is 0.250 e. The van der Waals surface area contributed by atoms with Crippen LogP contribution in [0.1, 0.15) is 38.2 Å². The molecule has 2 unspecified atom stereocenters. The molecule has 4 nitrogen and oxygen atoms in total. The summed E-state index contributed by atoms with van der Waals surface area (Å²) in [7, 11) is 0. The number of nitrogens with one attached hydrogen (secondary N) is 1. The standard InChI is InChI=1S/C16H23NO3/c1-12-4-2-7-15(8-12)20-11-16(19)17-14-6-3-5-13(9-14)10-18/h3,5-6,9,12,15,18H,2,4,7-8,10-11H2,1H3,(H,17,19). The number of carbonyl (C=O) groups excluding carboxylic acids is 1. The molecule has 0 aliphatic heterocycles. The highest BCUT2D eigenvalue weighted by atomic mass is 16.5. The molecule has 1 amide bonds. The Balaban J connectivity index is 1.77. The van der Waals surface area contributed by atoms with Crippen molar-refractivity contribution in [2.24, 2.45) is 5.92 Å². The number of benzene rings is 1. The number of hydrogen-bond acceptors (Lipinski definition) is 3. The van der Waals surface area contributed by atoms with Gasteiger partial charge in [0.05, 0.1) is 12.7 Å². The molecule has 0 saturated heterocycles. The van der Waals surface area contributed by atoms with E-state index in [1.807, 2.05) is 12.1 Å². The van der Waals surface area contributed by atoms with E-state index in [-0.39, 0.29) is 25.2 Å². The van der Waals surface area contributed by atoms with Crippen LogP contribution >= 0.6 is 0 Å². The van der Waals surface area contributed by atoms with Crippen molar-refractivity contribution in [3.63, 3.8) is 0 Å². The minimum Gasteiger partial charge on any atom is -0.392 e. The molecule has 2 rings (SSSR count). The molecule has 20 heavy (non-hydrogen) atoms. The quantitative estimate of drug-likeness (QED) is 0.870. The molecule has 110 valence electrons. The number of anilines is 1. The van der Waals surface area contributed by atoms with E-state index >= 15 is 0 Å². The molecule has 1 aromatic carbocycles. The Kier molecular flexibility index (Phi) is 5.56. The van der Waals surface area contributed by atoms with E-state index < -0.39 is 0 Å². The number of carbonyl (C=O) groups is 1. The van der Waals surface area contributed by atoms with Crippen LogP contribution in [-0.2, 0) is 16.1 Å². The first-order valence-corrected chi connectivity index (χ1v) is 7.28. The van der Waals surface area contributed by atoms with Crippen molar-refractivity contribution in [1.82, 2.24) is 0 Å². The summed E-state index contributed by atoms with van der Waals surface area (Å²) < 4.78 is 5.68. The van der Waals surface area contributed by atoms with Gasteiger partial charge >= 0.3 is 0 Å². The lowest BCUT2D eigenvalue weighted by Gasteiger charge is -2.26. The van der Waals surface area contributed by atoms with E-state index in [1.165, 1.54) is 12.8 Å². The zero-order valence-electron chi connectivity index (χ0n) is 12.0. The molecule has 2 N–H and O–H groups in total. The molecule has 0 heterocycles. The zero-order valence-corrected chi connectivity index (χ0v) is 12.0. The van der Waals surface area contributed by atoms with Gasteiger partial charge in [-0.05, 0) is 36.5 Å². The van der Waals surface area contributed by atoms with Crippen molar-refractivity contribution in [3.8, 4) is 0 Å². The lowest BCUT2D eigenvalue weighted by molar-refractivity contribution is -0.123. The van der Waals surface area contributed by atoms with Crippen molar-refractivity contribution in [3.05, 3.63) is 29.8 Å². The van der Waals surface area contributed by atoms with Crippen molar-refractivity contribution in [1.29, 1.82) is 0 Å². The van der Waals surface area contributed by atoms with Crippen LogP contribution in [-0.4, -0.2) is 23.7 Å². The van der Waals surface area contributed by atoms with Crippen LogP contribution in [0.2, 0.25) is 0 Å². The number of ether oxygens (including phenoxy) is 1. The first kappa shape index (κ1) is 15.0. The fourth-order valence-electron chi connectivity index (χ4n) is 2.67. The van der Waals surface area contributed by atoms with Crippen LogP contribution in [0.15, 0.2) is 24.3 Å². The van der Waals surface area contributed by atoms with Gasteiger partial charge < -0.3 is 15.2 Å². The first-order chi connectivity index (χ1) is 9.67. The van der Waals surface area contributed by atoms with Crippen molar-refractivity contribution < 1.29 is 14.6 Å². The highest BCUT2D eigenvalue weighted by Gasteiger charge is 2.20. The monoisotopic (exact) mass is 277 g/mol. The molecule has 4 heteroatoms. The number of aliphatic hydroxyl groups is 1. The van der Waals surface area contributed by atoms with Gasteiger partial charge in [-0.3, -0.25) is 4.79 Å². The third-order valence-electron chi connectivity index (χ3n) is 3.73. The molecule has 0 spiro atoms. The van der Waals surface area contributed by atoms with E-state index in [2.05, 4.69) is 12.2 Å². The summed E-state index contributed by atoms with van der Waals surface area (Å²) in [6.07, 6.45) is 4.77. The number of rotatable bonds is 5. The predicted molar refractivity (Wildman–Crippen MR) is 78.4 cm³/mol. The van der Waals surface area contributed by atoms with E-state index in [1.54, 1.807) is 12.1 Å². The van der Waals surface area contributed by atoms with Crippen LogP contribution in [0.4, 0.5) is 5.69 Å². The molecule has 1 aromatic rings. The summed E-state index contributed by atoms with van der Waals surface area (Å²) in [4.78, 5) is 11.8. The lowest BCUT2D eigenvalue weighted by atomic mass is 9.89. The Morgan fingerprint density at radius 2 is 2.30 bits per heavy atom. The van der Waals surface area contributed by atoms with Crippen molar-refractivity contribution >= 4 is 11.6 Å². The highest BCUT2D eigenvalue weighted by Crippen LogP contribution is 2.25. The average Bonchev–Trinajstić information content (AvgIpc) is 2.45. The maximum Gasteiger partial charge on any atom is 0.250 e. The Labute approximate surface area is 120 Å². The molecular weight excluding hydrogens is 254 g/mol. The minimum absolute atomic E-state index is 0.0276. The maximum absolute atomic E-state index is 11.8. The summed E-state index contributed by atoms with van der Waals surface area (Å²) >= 11 is 0. The highest BCUT2D eigenvalue weighted by molar-refractivity contribution is 5.91. The van der Waals surface area contributed by atoms with E-state index in [9.17, 15) is 4.79 Å². The normalized spacial score (nSPS) is 22.5. The van der Waals surface area contributed by atoms with E-state index in [4.69, 9.17) is 9.84 Å². The molecule has 1 aliphatic rings.